The number of aryl methyl sites for hydroxylation is 1. The van der Waals surface area contributed by atoms with Crippen LogP contribution in [-0.2, 0) is 6.54 Å². The Kier molecular flexibility index (Phi) is 3.80. The number of hydrogen-bond donors (Lipinski definition) is 1. The summed E-state index contributed by atoms with van der Waals surface area (Å²) in [5.74, 6) is 1.33. The van der Waals surface area contributed by atoms with Gasteiger partial charge >= 0.3 is 0 Å². The first-order valence-electron chi connectivity index (χ1n) is 7.10. The van der Waals surface area contributed by atoms with Crippen LogP contribution >= 0.6 is 0 Å². The summed E-state index contributed by atoms with van der Waals surface area (Å²) < 4.78 is 5.37. The molecular weight excluding hydrogens is 252 g/mol. The molecule has 0 radical (unpaired) electrons. The topological polar surface area (TPSA) is 68.2 Å². The van der Waals surface area contributed by atoms with Crippen LogP contribution in [0, 0.1) is 6.92 Å². The summed E-state index contributed by atoms with van der Waals surface area (Å²) in [5.41, 5.74) is 7.94. The Labute approximate surface area is 118 Å². The maximum absolute atomic E-state index is 5.78. The molecule has 1 aliphatic rings. The Morgan fingerprint density at radius 1 is 1.45 bits per heavy atom. The number of likely N-dealkylation sites (tertiary alicyclic amines) is 1. The van der Waals surface area contributed by atoms with Crippen LogP contribution in [0.3, 0.4) is 0 Å². The first kappa shape index (κ1) is 13.3. The quantitative estimate of drug-likeness (QED) is 0.921. The van der Waals surface area contributed by atoms with Gasteiger partial charge in [0.1, 0.15) is 0 Å². The van der Waals surface area contributed by atoms with E-state index in [0.717, 1.165) is 24.5 Å². The lowest BCUT2D eigenvalue weighted by molar-refractivity contribution is 0.240. The predicted molar refractivity (Wildman–Crippen MR) is 77.0 cm³/mol. The highest BCUT2D eigenvalue weighted by Crippen LogP contribution is 2.21. The zero-order valence-corrected chi connectivity index (χ0v) is 11.7. The molecule has 20 heavy (non-hydrogen) atoms. The van der Waals surface area contributed by atoms with Crippen molar-refractivity contribution in [2.24, 2.45) is 5.73 Å². The van der Waals surface area contributed by atoms with E-state index >= 15 is 0 Å². The summed E-state index contributed by atoms with van der Waals surface area (Å²) in [6.07, 6.45) is 2.36. The predicted octanol–water partition coefficient (Wildman–Crippen LogP) is 1.97. The fourth-order valence-electron chi connectivity index (χ4n) is 2.77. The van der Waals surface area contributed by atoms with Crippen molar-refractivity contribution in [3.05, 3.63) is 35.7 Å². The SMILES string of the molecule is Cc1cccc(-c2nc(CN3CCCC3CN)no2)c1. The molecule has 106 valence electrons. The Bertz CT molecular complexity index is 581. The Balaban J connectivity index is 1.74. The van der Waals surface area contributed by atoms with Crippen LogP contribution in [0.5, 0.6) is 0 Å². The van der Waals surface area contributed by atoms with Gasteiger partial charge in [0.2, 0.25) is 0 Å². The maximum Gasteiger partial charge on any atom is 0.257 e. The molecule has 0 amide bonds. The second-order valence-corrected chi connectivity index (χ2v) is 5.39. The highest BCUT2D eigenvalue weighted by molar-refractivity contribution is 5.53. The van der Waals surface area contributed by atoms with Crippen LogP contribution in [0.15, 0.2) is 28.8 Å². The third-order valence-corrected chi connectivity index (χ3v) is 3.85. The van der Waals surface area contributed by atoms with Crippen molar-refractivity contribution < 1.29 is 4.52 Å². The molecule has 0 saturated carbocycles. The second kappa shape index (κ2) is 5.73. The summed E-state index contributed by atoms with van der Waals surface area (Å²) in [4.78, 5) is 6.83. The van der Waals surface area contributed by atoms with E-state index in [9.17, 15) is 0 Å². The van der Waals surface area contributed by atoms with Gasteiger partial charge in [-0.05, 0) is 38.4 Å². The van der Waals surface area contributed by atoms with Crippen molar-refractivity contribution in [2.75, 3.05) is 13.1 Å². The fourth-order valence-corrected chi connectivity index (χ4v) is 2.77. The number of nitrogens with two attached hydrogens (primary N) is 1. The number of rotatable bonds is 4. The highest BCUT2D eigenvalue weighted by Gasteiger charge is 2.24. The third-order valence-electron chi connectivity index (χ3n) is 3.85. The van der Waals surface area contributed by atoms with Gasteiger partial charge in [-0.25, -0.2) is 0 Å². The number of nitrogens with zero attached hydrogens (tertiary/aromatic N) is 3. The van der Waals surface area contributed by atoms with Crippen LogP contribution in [0.1, 0.15) is 24.2 Å². The molecule has 1 saturated heterocycles. The average molecular weight is 272 g/mol. The lowest BCUT2D eigenvalue weighted by atomic mass is 10.1. The standard InChI is InChI=1S/C15H20N4O/c1-11-4-2-5-12(8-11)15-17-14(18-20-15)10-19-7-3-6-13(19)9-16/h2,4-5,8,13H,3,6-7,9-10,16H2,1H3. The third kappa shape index (κ3) is 2.73. The van der Waals surface area contributed by atoms with Crippen LogP contribution in [0.2, 0.25) is 0 Å². The molecule has 1 unspecified atom stereocenters. The van der Waals surface area contributed by atoms with Crippen molar-refractivity contribution in [1.29, 1.82) is 0 Å². The van der Waals surface area contributed by atoms with Crippen molar-refractivity contribution in [2.45, 2.75) is 32.4 Å². The van der Waals surface area contributed by atoms with Gasteiger partial charge in [0.15, 0.2) is 5.82 Å². The molecule has 1 atom stereocenters. The van der Waals surface area contributed by atoms with Gasteiger partial charge in [-0.2, -0.15) is 4.98 Å². The molecule has 2 aromatic rings. The minimum Gasteiger partial charge on any atom is -0.334 e. The first-order chi connectivity index (χ1) is 9.76. The largest absolute Gasteiger partial charge is 0.334 e. The van der Waals surface area contributed by atoms with E-state index in [2.05, 4.69) is 34.1 Å². The van der Waals surface area contributed by atoms with Gasteiger partial charge in [0.25, 0.3) is 5.89 Å². The van der Waals surface area contributed by atoms with Crippen LogP contribution in [-0.4, -0.2) is 34.2 Å². The van der Waals surface area contributed by atoms with E-state index in [4.69, 9.17) is 10.3 Å². The van der Waals surface area contributed by atoms with Crippen molar-refractivity contribution in [1.82, 2.24) is 15.0 Å². The van der Waals surface area contributed by atoms with Crippen LogP contribution in [0.4, 0.5) is 0 Å². The molecule has 2 N–H and O–H groups in total. The van der Waals surface area contributed by atoms with Crippen molar-refractivity contribution in [3.8, 4) is 11.5 Å². The molecule has 3 rings (SSSR count). The van der Waals surface area contributed by atoms with Gasteiger partial charge in [-0.3, -0.25) is 4.90 Å². The van der Waals surface area contributed by atoms with Gasteiger partial charge in [-0.15, -0.1) is 0 Å². The number of hydrogen-bond acceptors (Lipinski definition) is 5. The van der Waals surface area contributed by atoms with E-state index in [1.807, 2.05) is 12.1 Å². The Hall–Kier alpha value is -1.72. The van der Waals surface area contributed by atoms with Gasteiger partial charge in [-0.1, -0.05) is 22.9 Å². The molecular formula is C15H20N4O. The Morgan fingerprint density at radius 2 is 2.35 bits per heavy atom. The van der Waals surface area contributed by atoms with Gasteiger partial charge in [0, 0.05) is 18.2 Å². The van der Waals surface area contributed by atoms with Crippen LogP contribution < -0.4 is 5.73 Å². The second-order valence-electron chi connectivity index (χ2n) is 5.39. The minimum absolute atomic E-state index is 0.455. The zero-order valence-electron chi connectivity index (χ0n) is 11.7. The summed E-state index contributed by atoms with van der Waals surface area (Å²) in [5, 5.41) is 4.09. The van der Waals surface area contributed by atoms with Gasteiger partial charge in [0.05, 0.1) is 6.54 Å². The van der Waals surface area contributed by atoms with E-state index in [1.165, 1.54) is 18.4 Å². The molecule has 1 aromatic carbocycles. The fraction of sp³-hybridized carbons (Fsp3) is 0.467. The van der Waals surface area contributed by atoms with Crippen molar-refractivity contribution in [3.63, 3.8) is 0 Å². The van der Waals surface area contributed by atoms with E-state index in [1.54, 1.807) is 0 Å². The maximum atomic E-state index is 5.78. The van der Waals surface area contributed by atoms with E-state index < -0.39 is 0 Å². The summed E-state index contributed by atoms with van der Waals surface area (Å²) in [6.45, 7) is 4.53. The van der Waals surface area contributed by atoms with E-state index in [0.29, 0.717) is 18.5 Å². The molecule has 0 aliphatic carbocycles. The lowest BCUT2D eigenvalue weighted by Crippen LogP contribution is -2.35. The Morgan fingerprint density at radius 3 is 3.15 bits per heavy atom. The summed E-state index contributed by atoms with van der Waals surface area (Å²) in [6, 6.07) is 8.55. The van der Waals surface area contributed by atoms with E-state index in [-0.39, 0.29) is 0 Å². The number of benzene rings is 1. The molecule has 0 spiro atoms. The average Bonchev–Trinajstić information content (AvgIpc) is 3.08. The zero-order chi connectivity index (χ0) is 13.9. The van der Waals surface area contributed by atoms with Crippen molar-refractivity contribution >= 4 is 0 Å². The summed E-state index contributed by atoms with van der Waals surface area (Å²) >= 11 is 0. The highest BCUT2D eigenvalue weighted by atomic mass is 16.5. The monoisotopic (exact) mass is 272 g/mol. The van der Waals surface area contributed by atoms with Gasteiger partial charge < -0.3 is 10.3 Å². The number of aromatic nitrogens is 2. The first-order valence-corrected chi connectivity index (χ1v) is 7.10. The normalized spacial score (nSPS) is 19.6. The minimum atomic E-state index is 0.455. The molecule has 2 heterocycles. The smallest absolute Gasteiger partial charge is 0.257 e. The van der Waals surface area contributed by atoms with Crippen LogP contribution in [0.25, 0.3) is 11.5 Å². The molecule has 1 aromatic heterocycles. The molecule has 1 fully saturated rings. The molecule has 5 heteroatoms. The lowest BCUT2D eigenvalue weighted by Gasteiger charge is -2.20. The molecule has 5 nitrogen and oxygen atoms in total. The molecule has 0 bridgehead atoms. The molecule has 1 aliphatic heterocycles. The summed E-state index contributed by atoms with van der Waals surface area (Å²) in [7, 11) is 0.